The van der Waals surface area contributed by atoms with E-state index in [-0.39, 0.29) is 4.90 Å². The average molecular weight is 363 g/mol. The van der Waals surface area contributed by atoms with Crippen LogP contribution >= 0.6 is 15.9 Å². The van der Waals surface area contributed by atoms with Crippen molar-refractivity contribution in [3.05, 3.63) is 22.2 Å². The van der Waals surface area contributed by atoms with Gasteiger partial charge in [0.2, 0.25) is 10.0 Å². The van der Waals surface area contributed by atoms with Crippen LogP contribution in [-0.2, 0) is 14.8 Å². The summed E-state index contributed by atoms with van der Waals surface area (Å²) in [6.45, 7) is 6.59. The molecule has 0 amide bonds. The second-order valence-electron chi connectivity index (χ2n) is 5.56. The molecule has 0 bridgehead atoms. The second kappa shape index (κ2) is 5.29. The molecule has 20 heavy (non-hydrogen) atoms. The predicted octanol–water partition coefficient (Wildman–Crippen LogP) is 2.14. The number of nitrogen functional groups attached to an aromatic ring is 1. The van der Waals surface area contributed by atoms with Crippen molar-refractivity contribution in [3.63, 3.8) is 0 Å². The van der Waals surface area contributed by atoms with Crippen LogP contribution in [0.3, 0.4) is 0 Å². The summed E-state index contributed by atoms with van der Waals surface area (Å²) in [6, 6.07) is 3.31. The Morgan fingerprint density at radius 1 is 1.40 bits per heavy atom. The molecule has 0 unspecified atom stereocenters. The lowest BCUT2D eigenvalue weighted by Crippen LogP contribution is -2.55. The van der Waals surface area contributed by atoms with Crippen LogP contribution in [0.4, 0.5) is 5.69 Å². The van der Waals surface area contributed by atoms with Crippen molar-refractivity contribution in [3.8, 4) is 0 Å². The first-order valence-corrected chi connectivity index (χ1v) is 8.56. The van der Waals surface area contributed by atoms with Crippen LogP contribution in [0.1, 0.15) is 19.4 Å². The van der Waals surface area contributed by atoms with Crippen LogP contribution in [0.15, 0.2) is 21.5 Å². The molecule has 1 fully saturated rings. The molecule has 5 nitrogen and oxygen atoms in total. The Labute approximate surface area is 128 Å². The highest BCUT2D eigenvalue weighted by Crippen LogP contribution is 2.32. The average Bonchev–Trinajstić information content (AvgIpc) is 2.32. The monoisotopic (exact) mass is 362 g/mol. The number of hydrogen-bond acceptors (Lipinski definition) is 4. The van der Waals surface area contributed by atoms with Gasteiger partial charge in [0.15, 0.2) is 0 Å². The van der Waals surface area contributed by atoms with Crippen molar-refractivity contribution < 1.29 is 13.2 Å². The summed E-state index contributed by atoms with van der Waals surface area (Å²) in [5.74, 6) is 0. The van der Waals surface area contributed by atoms with Gasteiger partial charge in [-0.25, -0.2) is 8.42 Å². The number of morpholine rings is 1. The molecule has 0 spiro atoms. The zero-order chi connectivity index (χ0) is 15.1. The summed E-state index contributed by atoms with van der Waals surface area (Å²) in [4.78, 5) is 0.249. The van der Waals surface area contributed by atoms with E-state index in [1.807, 2.05) is 13.8 Å². The van der Waals surface area contributed by atoms with Gasteiger partial charge in [-0.15, -0.1) is 0 Å². The summed E-state index contributed by atoms with van der Waals surface area (Å²) in [5.41, 5.74) is 6.35. The molecule has 2 rings (SSSR count). The van der Waals surface area contributed by atoms with Crippen molar-refractivity contribution in [2.24, 2.45) is 0 Å². The molecule has 0 saturated carbocycles. The van der Waals surface area contributed by atoms with Gasteiger partial charge >= 0.3 is 0 Å². The summed E-state index contributed by atoms with van der Waals surface area (Å²) in [6.07, 6.45) is 0. The van der Waals surface area contributed by atoms with Gasteiger partial charge < -0.3 is 10.5 Å². The lowest BCUT2D eigenvalue weighted by molar-refractivity contribution is -0.00772. The molecule has 1 aliphatic rings. The Bertz CT molecular complexity index is 629. The molecule has 0 atom stereocenters. The zero-order valence-corrected chi connectivity index (χ0v) is 14.2. The SMILES string of the molecule is Cc1c(N)cc(Br)cc1S(=O)(=O)N1CCOCC1(C)C. The summed E-state index contributed by atoms with van der Waals surface area (Å²) in [7, 11) is -3.60. The number of nitrogens with two attached hydrogens (primary N) is 1. The van der Waals surface area contributed by atoms with Gasteiger partial charge in [0.25, 0.3) is 0 Å². The molecule has 7 heteroatoms. The van der Waals surface area contributed by atoms with Gasteiger partial charge in [0, 0.05) is 16.7 Å². The fourth-order valence-corrected chi connectivity index (χ4v) is 5.01. The topological polar surface area (TPSA) is 72.6 Å². The van der Waals surface area contributed by atoms with Crippen LogP contribution in [0.25, 0.3) is 0 Å². The van der Waals surface area contributed by atoms with E-state index in [0.717, 1.165) is 0 Å². The third-order valence-corrected chi connectivity index (χ3v) is 6.20. The lowest BCUT2D eigenvalue weighted by Gasteiger charge is -2.41. The minimum absolute atomic E-state index is 0.249. The minimum atomic E-state index is -3.60. The normalized spacial score (nSPS) is 20.0. The van der Waals surface area contributed by atoms with Gasteiger partial charge in [-0.1, -0.05) is 15.9 Å². The Morgan fingerprint density at radius 3 is 2.65 bits per heavy atom. The van der Waals surface area contributed by atoms with Gasteiger partial charge in [0.1, 0.15) is 0 Å². The Hall–Kier alpha value is -0.630. The van der Waals surface area contributed by atoms with Crippen LogP contribution in [0.5, 0.6) is 0 Å². The fraction of sp³-hybridized carbons (Fsp3) is 0.538. The fourth-order valence-electron chi connectivity index (χ4n) is 2.35. The lowest BCUT2D eigenvalue weighted by atomic mass is 10.1. The summed E-state index contributed by atoms with van der Waals surface area (Å²) < 4.78 is 33.4. The van der Waals surface area contributed by atoms with E-state index in [4.69, 9.17) is 10.5 Å². The van der Waals surface area contributed by atoms with E-state index >= 15 is 0 Å². The van der Waals surface area contributed by atoms with Crippen LogP contribution in [-0.4, -0.2) is 38.0 Å². The number of ether oxygens (including phenoxy) is 1. The maximum absolute atomic E-state index is 12.9. The molecule has 1 saturated heterocycles. The quantitative estimate of drug-likeness (QED) is 0.818. The smallest absolute Gasteiger partial charge is 0.244 e. The number of benzene rings is 1. The van der Waals surface area contributed by atoms with Crippen molar-refractivity contribution in [1.29, 1.82) is 0 Å². The first-order chi connectivity index (χ1) is 9.16. The first-order valence-electron chi connectivity index (χ1n) is 6.32. The van der Waals surface area contributed by atoms with Gasteiger partial charge in [-0.2, -0.15) is 4.31 Å². The van der Waals surface area contributed by atoms with Gasteiger partial charge in [0.05, 0.1) is 23.6 Å². The third kappa shape index (κ3) is 2.72. The van der Waals surface area contributed by atoms with Crippen LogP contribution < -0.4 is 5.73 Å². The van der Waals surface area contributed by atoms with Gasteiger partial charge in [-0.3, -0.25) is 0 Å². The van der Waals surface area contributed by atoms with E-state index in [0.29, 0.717) is 35.5 Å². The third-order valence-electron chi connectivity index (χ3n) is 3.50. The number of anilines is 1. The standard InChI is InChI=1S/C13H19BrN2O3S/c1-9-11(15)6-10(14)7-12(9)20(17,18)16-4-5-19-8-13(16,2)3/h6-7H,4-5,8,15H2,1-3H3. The van der Waals surface area contributed by atoms with E-state index < -0.39 is 15.6 Å². The molecule has 0 aromatic heterocycles. The first kappa shape index (κ1) is 15.8. The molecule has 112 valence electrons. The number of rotatable bonds is 2. The van der Waals surface area contributed by atoms with Gasteiger partial charge in [-0.05, 0) is 38.5 Å². The van der Waals surface area contributed by atoms with E-state index in [9.17, 15) is 8.42 Å². The maximum atomic E-state index is 12.9. The summed E-state index contributed by atoms with van der Waals surface area (Å²) >= 11 is 3.30. The van der Waals surface area contributed by atoms with Crippen molar-refractivity contribution in [2.45, 2.75) is 31.2 Å². The van der Waals surface area contributed by atoms with E-state index in [1.54, 1.807) is 19.1 Å². The Morgan fingerprint density at radius 2 is 2.05 bits per heavy atom. The number of hydrogen-bond donors (Lipinski definition) is 1. The highest BCUT2D eigenvalue weighted by atomic mass is 79.9. The molecule has 1 aromatic carbocycles. The number of nitrogens with zero attached hydrogens (tertiary/aromatic N) is 1. The molecule has 0 radical (unpaired) electrons. The Kier molecular flexibility index (Phi) is 4.17. The van der Waals surface area contributed by atoms with Crippen molar-refractivity contribution in [1.82, 2.24) is 4.31 Å². The second-order valence-corrected chi connectivity index (χ2v) is 8.31. The molecule has 0 aliphatic carbocycles. The van der Waals surface area contributed by atoms with Crippen LogP contribution in [0.2, 0.25) is 0 Å². The molecular weight excluding hydrogens is 344 g/mol. The minimum Gasteiger partial charge on any atom is -0.398 e. The number of halogens is 1. The van der Waals surface area contributed by atoms with Crippen molar-refractivity contribution >= 4 is 31.6 Å². The highest BCUT2D eigenvalue weighted by molar-refractivity contribution is 9.10. The largest absolute Gasteiger partial charge is 0.398 e. The predicted molar refractivity (Wildman–Crippen MR) is 82.1 cm³/mol. The molecule has 1 heterocycles. The highest BCUT2D eigenvalue weighted by Gasteiger charge is 2.40. The van der Waals surface area contributed by atoms with E-state index in [2.05, 4.69) is 15.9 Å². The molecule has 2 N–H and O–H groups in total. The molecule has 1 aliphatic heterocycles. The molecule has 1 aromatic rings. The Balaban J connectivity index is 2.56. The maximum Gasteiger partial charge on any atom is 0.244 e. The van der Waals surface area contributed by atoms with E-state index in [1.165, 1.54) is 4.31 Å². The summed E-state index contributed by atoms with van der Waals surface area (Å²) in [5, 5.41) is 0. The zero-order valence-electron chi connectivity index (χ0n) is 11.8. The number of sulfonamides is 1. The molecular formula is C13H19BrN2O3S. The van der Waals surface area contributed by atoms with Crippen LogP contribution in [0, 0.1) is 6.92 Å². The van der Waals surface area contributed by atoms with Crippen molar-refractivity contribution in [2.75, 3.05) is 25.5 Å².